The number of nitrogens with one attached hydrogen (secondary N) is 2. The Balaban J connectivity index is 1.87. The van der Waals surface area contributed by atoms with E-state index in [1.165, 1.54) is 32.4 Å². The van der Waals surface area contributed by atoms with Gasteiger partial charge in [0.25, 0.3) is 0 Å². The van der Waals surface area contributed by atoms with Crippen molar-refractivity contribution in [3.05, 3.63) is 23.8 Å². The molecule has 28 heavy (non-hydrogen) atoms. The van der Waals surface area contributed by atoms with Crippen molar-refractivity contribution in [1.82, 2.24) is 15.5 Å². The lowest BCUT2D eigenvalue weighted by Crippen LogP contribution is -2.40. The molecule has 1 atom stereocenters. The van der Waals surface area contributed by atoms with Crippen molar-refractivity contribution in [2.45, 2.75) is 46.1 Å². The topological polar surface area (TPSA) is 58.1 Å². The molecule has 0 aromatic heterocycles. The van der Waals surface area contributed by atoms with Crippen molar-refractivity contribution in [2.24, 2.45) is 10.9 Å². The van der Waals surface area contributed by atoms with Gasteiger partial charge in [-0.3, -0.25) is 4.99 Å². The van der Waals surface area contributed by atoms with Gasteiger partial charge in [-0.15, -0.1) is 0 Å². The van der Waals surface area contributed by atoms with Gasteiger partial charge in [-0.05, 0) is 83.8 Å². The molecule has 1 saturated heterocycles. The average Bonchev–Trinajstić information content (AvgIpc) is 2.70. The van der Waals surface area contributed by atoms with Gasteiger partial charge in [0.15, 0.2) is 17.5 Å². The molecule has 6 nitrogen and oxygen atoms in total. The Kier molecular flexibility index (Phi) is 9.41. The summed E-state index contributed by atoms with van der Waals surface area (Å²) in [5, 5.41) is 6.95. The van der Waals surface area contributed by atoms with Gasteiger partial charge in [0.2, 0.25) is 0 Å². The molecule has 1 unspecified atom stereocenters. The third-order valence-corrected chi connectivity index (χ3v) is 5.33. The maximum atomic E-state index is 5.75. The van der Waals surface area contributed by atoms with Crippen LogP contribution in [-0.2, 0) is 0 Å². The smallest absolute Gasteiger partial charge is 0.191 e. The minimum absolute atomic E-state index is 0.115. The molecular weight excluding hydrogens is 352 g/mol. The van der Waals surface area contributed by atoms with Crippen LogP contribution in [-0.4, -0.2) is 57.8 Å². The molecule has 0 amide bonds. The Morgan fingerprint density at radius 2 is 1.86 bits per heavy atom. The molecule has 1 aromatic rings. The molecule has 1 heterocycles. The second-order valence-electron chi connectivity index (χ2n) is 7.47. The predicted molar refractivity (Wildman–Crippen MR) is 117 cm³/mol. The zero-order valence-corrected chi connectivity index (χ0v) is 18.3. The molecule has 1 aliphatic rings. The minimum atomic E-state index is 0.115. The monoisotopic (exact) mass is 390 g/mol. The van der Waals surface area contributed by atoms with Crippen LogP contribution in [0.25, 0.3) is 0 Å². The first kappa shape index (κ1) is 22.3. The lowest BCUT2D eigenvalue weighted by molar-refractivity contribution is 0.213. The Bertz CT molecular complexity index is 613. The van der Waals surface area contributed by atoms with E-state index in [-0.39, 0.29) is 6.04 Å². The summed E-state index contributed by atoms with van der Waals surface area (Å²) >= 11 is 0. The number of piperidine rings is 1. The summed E-state index contributed by atoms with van der Waals surface area (Å²) in [6.45, 7) is 10.7. The normalized spacial score (nSPS) is 17.2. The highest BCUT2D eigenvalue weighted by Crippen LogP contribution is 2.30. The number of rotatable bonds is 9. The Morgan fingerprint density at radius 1 is 1.18 bits per heavy atom. The Morgan fingerprint density at radius 3 is 2.50 bits per heavy atom. The molecule has 0 saturated carbocycles. The highest BCUT2D eigenvalue weighted by molar-refractivity contribution is 5.80. The first-order chi connectivity index (χ1) is 13.6. The van der Waals surface area contributed by atoms with Crippen LogP contribution in [0.2, 0.25) is 0 Å². The van der Waals surface area contributed by atoms with Gasteiger partial charge in [-0.2, -0.15) is 0 Å². The van der Waals surface area contributed by atoms with Crippen molar-refractivity contribution in [3.63, 3.8) is 0 Å². The molecular formula is C22H38N4O2. The van der Waals surface area contributed by atoms with Gasteiger partial charge in [-0.1, -0.05) is 6.07 Å². The van der Waals surface area contributed by atoms with Crippen LogP contribution in [0.15, 0.2) is 23.2 Å². The first-order valence-electron chi connectivity index (χ1n) is 10.6. The summed E-state index contributed by atoms with van der Waals surface area (Å²) in [5.74, 6) is 3.24. The van der Waals surface area contributed by atoms with Gasteiger partial charge in [0.05, 0.1) is 19.3 Å². The largest absolute Gasteiger partial charge is 0.490 e. The predicted octanol–water partition coefficient (Wildman–Crippen LogP) is 3.44. The summed E-state index contributed by atoms with van der Waals surface area (Å²) in [6, 6.07) is 6.23. The number of likely N-dealkylation sites (tertiary alicyclic amines) is 1. The standard InChI is InChI=1S/C22H38N4O2/c1-6-27-20-9-8-19(16-21(20)28-7-2)17(3)25-22(23-4)24-13-10-18-11-14-26(5)15-12-18/h8-9,16-18H,6-7,10-15H2,1-5H3,(H2,23,24,25). The zero-order chi connectivity index (χ0) is 20.4. The first-order valence-corrected chi connectivity index (χ1v) is 10.6. The fourth-order valence-corrected chi connectivity index (χ4v) is 3.57. The number of benzene rings is 1. The maximum Gasteiger partial charge on any atom is 0.191 e. The van der Waals surface area contributed by atoms with E-state index in [2.05, 4.69) is 46.6 Å². The van der Waals surface area contributed by atoms with E-state index < -0.39 is 0 Å². The van der Waals surface area contributed by atoms with E-state index in [9.17, 15) is 0 Å². The molecule has 0 bridgehead atoms. The molecule has 1 fully saturated rings. The van der Waals surface area contributed by atoms with Crippen LogP contribution in [0.5, 0.6) is 11.5 Å². The number of guanidine groups is 1. The summed E-state index contributed by atoms with van der Waals surface area (Å²) in [5.41, 5.74) is 1.14. The van der Waals surface area contributed by atoms with E-state index in [4.69, 9.17) is 9.47 Å². The molecule has 0 radical (unpaired) electrons. The molecule has 2 rings (SSSR count). The van der Waals surface area contributed by atoms with Crippen LogP contribution >= 0.6 is 0 Å². The second-order valence-corrected chi connectivity index (χ2v) is 7.47. The van der Waals surface area contributed by atoms with Crippen molar-refractivity contribution < 1.29 is 9.47 Å². The Hall–Kier alpha value is -1.95. The summed E-state index contributed by atoms with van der Waals surface area (Å²) in [7, 11) is 4.03. The lowest BCUT2D eigenvalue weighted by Gasteiger charge is -2.29. The third kappa shape index (κ3) is 6.89. The SMILES string of the molecule is CCOc1ccc(C(C)NC(=NC)NCCC2CCN(C)CC2)cc1OCC. The van der Waals surface area contributed by atoms with Gasteiger partial charge in [0.1, 0.15) is 0 Å². The van der Waals surface area contributed by atoms with E-state index in [0.717, 1.165) is 35.5 Å². The van der Waals surface area contributed by atoms with E-state index in [1.54, 1.807) is 0 Å². The van der Waals surface area contributed by atoms with Gasteiger partial charge < -0.3 is 25.0 Å². The van der Waals surface area contributed by atoms with Crippen LogP contribution < -0.4 is 20.1 Å². The van der Waals surface area contributed by atoms with Crippen molar-refractivity contribution in [2.75, 3.05) is 46.9 Å². The van der Waals surface area contributed by atoms with Crippen LogP contribution in [0.3, 0.4) is 0 Å². The number of hydrogen-bond donors (Lipinski definition) is 2. The van der Waals surface area contributed by atoms with Crippen molar-refractivity contribution >= 4 is 5.96 Å². The highest BCUT2D eigenvalue weighted by atomic mass is 16.5. The molecule has 1 aromatic carbocycles. The van der Waals surface area contributed by atoms with Gasteiger partial charge >= 0.3 is 0 Å². The second kappa shape index (κ2) is 11.8. The number of aliphatic imine (C=N–C) groups is 1. The summed E-state index contributed by atoms with van der Waals surface area (Å²) in [4.78, 5) is 6.80. The molecule has 0 spiro atoms. The van der Waals surface area contributed by atoms with E-state index >= 15 is 0 Å². The van der Waals surface area contributed by atoms with Crippen LogP contribution in [0.4, 0.5) is 0 Å². The number of hydrogen-bond acceptors (Lipinski definition) is 4. The fourth-order valence-electron chi connectivity index (χ4n) is 3.57. The van der Waals surface area contributed by atoms with E-state index in [0.29, 0.717) is 13.2 Å². The number of ether oxygens (including phenoxy) is 2. The van der Waals surface area contributed by atoms with Crippen LogP contribution in [0, 0.1) is 5.92 Å². The van der Waals surface area contributed by atoms with Gasteiger partial charge in [-0.25, -0.2) is 0 Å². The minimum Gasteiger partial charge on any atom is -0.490 e. The lowest BCUT2D eigenvalue weighted by atomic mass is 9.94. The maximum absolute atomic E-state index is 5.75. The van der Waals surface area contributed by atoms with Crippen LogP contribution in [0.1, 0.15) is 51.6 Å². The molecule has 158 valence electrons. The highest BCUT2D eigenvalue weighted by Gasteiger charge is 2.17. The molecule has 2 N–H and O–H groups in total. The van der Waals surface area contributed by atoms with E-state index in [1.807, 2.05) is 27.0 Å². The zero-order valence-electron chi connectivity index (χ0n) is 18.3. The molecule has 6 heteroatoms. The quantitative estimate of drug-likeness (QED) is 0.500. The molecule has 0 aliphatic carbocycles. The molecule has 1 aliphatic heterocycles. The van der Waals surface area contributed by atoms with Crippen molar-refractivity contribution in [1.29, 1.82) is 0 Å². The van der Waals surface area contributed by atoms with Gasteiger partial charge in [0, 0.05) is 13.6 Å². The summed E-state index contributed by atoms with van der Waals surface area (Å²) in [6.07, 6.45) is 3.79. The average molecular weight is 391 g/mol. The number of nitrogens with zero attached hydrogens (tertiary/aromatic N) is 2. The summed E-state index contributed by atoms with van der Waals surface area (Å²) < 4.78 is 11.4. The Labute approximate surface area is 170 Å². The van der Waals surface area contributed by atoms with Crippen molar-refractivity contribution in [3.8, 4) is 11.5 Å². The fraction of sp³-hybridized carbons (Fsp3) is 0.682. The third-order valence-electron chi connectivity index (χ3n) is 5.33.